The van der Waals surface area contributed by atoms with Crippen molar-refractivity contribution in [2.75, 3.05) is 57.9 Å². The molecule has 4 aromatic rings. The van der Waals surface area contributed by atoms with Gasteiger partial charge < -0.3 is 19.9 Å². The van der Waals surface area contributed by atoms with Crippen LogP contribution in [-0.4, -0.2) is 83.4 Å². The zero-order valence-electron chi connectivity index (χ0n) is 24.9. The topological polar surface area (TPSA) is 100 Å². The molecule has 0 saturated carbocycles. The summed E-state index contributed by atoms with van der Waals surface area (Å²) in [5.74, 6) is 0.634. The van der Waals surface area contributed by atoms with Crippen LogP contribution in [-0.2, 0) is 16.1 Å². The maximum atomic E-state index is 11.1. The van der Waals surface area contributed by atoms with Crippen LogP contribution in [0.3, 0.4) is 0 Å². The highest BCUT2D eigenvalue weighted by Crippen LogP contribution is 2.36. The molecule has 0 unspecified atom stereocenters. The van der Waals surface area contributed by atoms with Crippen LogP contribution in [0.25, 0.3) is 22.0 Å². The van der Waals surface area contributed by atoms with E-state index in [9.17, 15) is 4.79 Å². The molecule has 2 aliphatic rings. The van der Waals surface area contributed by atoms with Gasteiger partial charge in [-0.15, -0.1) is 0 Å². The van der Waals surface area contributed by atoms with Crippen LogP contribution in [0.15, 0.2) is 60.9 Å². The Kier molecular flexibility index (Phi) is 8.83. The van der Waals surface area contributed by atoms with E-state index in [1.165, 1.54) is 0 Å². The monoisotopic (exact) mass is 581 g/mol. The second kappa shape index (κ2) is 13.1. The van der Waals surface area contributed by atoms with Crippen molar-refractivity contribution in [3.63, 3.8) is 0 Å². The van der Waals surface area contributed by atoms with Gasteiger partial charge >= 0.3 is 5.97 Å². The Morgan fingerprint density at radius 2 is 1.79 bits per heavy atom. The number of rotatable bonds is 11. The fourth-order valence-corrected chi connectivity index (χ4v) is 5.94. The number of anilines is 2. The summed E-state index contributed by atoms with van der Waals surface area (Å²) in [5, 5.41) is 13.7. The van der Waals surface area contributed by atoms with Crippen LogP contribution < -0.4 is 10.1 Å². The fourth-order valence-electron chi connectivity index (χ4n) is 5.94. The Labute approximate surface area is 252 Å². The highest BCUT2D eigenvalue weighted by atomic mass is 16.5. The molecule has 2 saturated heterocycles. The summed E-state index contributed by atoms with van der Waals surface area (Å²) in [6.45, 7) is 11.4. The lowest BCUT2D eigenvalue weighted by molar-refractivity contribution is -0.147. The number of fused-ring (bicyclic) bond motifs is 1. The van der Waals surface area contributed by atoms with Gasteiger partial charge in [-0.1, -0.05) is 24.3 Å². The number of carbonyl (C=O) groups is 1. The van der Waals surface area contributed by atoms with Crippen LogP contribution in [0.2, 0.25) is 0 Å². The molecule has 0 bridgehead atoms. The highest BCUT2D eigenvalue weighted by molar-refractivity contribution is 5.91. The number of hydrogen-bond acceptors (Lipinski definition) is 8. The summed E-state index contributed by atoms with van der Waals surface area (Å²) in [4.78, 5) is 25.1. The minimum atomic E-state index is -0.722. The lowest BCUT2D eigenvalue weighted by atomic mass is 9.95. The average molecular weight is 582 g/mol. The van der Waals surface area contributed by atoms with Gasteiger partial charge in [0.1, 0.15) is 11.3 Å². The first-order valence-corrected chi connectivity index (χ1v) is 15.0. The van der Waals surface area contributed by atoms with E-state index in [0.717, 1.165) is 89.4 Å². The molecule has 224 valence electrons. The van der Waals surface area contributed by atoms with Crippen LogP contribution in [0.4, 0.5) is 11.5 Å². The minimum Gasteiger partial charge on any atom is -0.493 e. The Morgan fingerprint density at radius 1 is 1.02 bits per heavy atom. The molecule has 9 heteroatoms. The molecule has 2 aromatic heterocycles. The first-order chi connectivity index (χ1) is 21.0. The standard InChI is InChI=1S/C34H39N5O4/c1-23-28(29-7-4-9-31(24(29)2)43-15-5-12-38-13-16-42-17-14-38)6-3-8-30(23)37-33-32-26(10-11-35-33)18-25(19-36-32)20-39-21-27(22-39)34(40)41/h3-4,6-11,18-19,27H,5,12-17,20-22H2,1-2H3,(H,35,37)(H,40,41). The Balaban J connectivity index is 1.15. The molecule has 0 spiro atoms. The van der Waals surface area contributed by atoms with Gasteiger partial charge in [0.15, 0.2) is 5.82 Å². The maximum absolute atomic E-state index is 11.1. The summed E-state index contributed by atoms with van der Waals surface area (Å²) in [7, 11) is 0. The number of nitrogens with zero attached hydrogens (tertiary/aromatic N) is 4. The van der Waals surface area contributed by atoms with Crippen molar-refractivity contribution < 1.29 is 19.4 Å². The summed E-state index contributed by atoms with van der Waals surface area (Å²) in [6, 6.07) is 16.6. The lowest BCUT2D eigenvalue weighted by Gasteiger charge is -2.36. The van der Waals surface area contributed by atoms with Gasteiger partial charge in [0, 0.05) is 62.7 Å². The molecule has 0 atom stereocenters. The quantitative estimate of drug-likeness (QED) is 0.229. The molecule has 2 aliphatic heterocycles. The van der Waals surface area contributed by atoms with Gasteiger partial charge in [-0.25, -0.2) is 4.98 Å². The van der Waals surface area contributed by atoms with Crippen LogP contribution in [0.1, 0.15) is 23.1 Å². The van der Waals surface area contributed by atoms with Crippen molar-refractivity contribution in [3.05, 3.63) is 77.6 Å². The van der Waals surface area contributed by atoms with Crippen molar-refractivity contribution in [2.24, 2.45) is 5.92 Å². The maximum Gasteiger partial charge on any atom is 0.309 e. The van der Waals surface area contributed by atoms with E-state index in [4.69, 9.17) is 19.6 Å². The van der Waals surface area contributed by atoms with E-state index in [1.54, 1.807) is 6.20 Å². The van der Waals surface area contributed by atoms with Crippen LogP contribution >= 0.6 is 0 Å². The van der Waals surface area contributed by atoms with Crippen molar-refractivity contribution in [1.29, 1.82) is 0 Å². The van der Waals surface area contributed by atoms with E-state index in [1.807, 2.05) is 12.3 Å². The third-order valence-corrected chi connectivity index (χ3v) is 8.51. The third-order valence-electron chi connectivity index (χ3n) is 8.51. The predicted octanol–water partition coefficient (Wildman–Crippen LogP) is 5.27. The third kappa shape index (κ3) is 6.64. The molecule has 2 aromatic carbocycles. The molecule has 0 radical (unpaired) electrons. The fraction of sp³-hybridized carbons (Fsp3) is 0.382. The number of morpholine rings is 1. The summed E-state index contributed by atoms with van der Waals surface area (Å²) in [5.41, 5.74) is 7.37. The van der Waals surface area contributed by atoms with Crippen molar-refractivity contribution in [1.82, 2.24) is 19.8 Å². The second-order valence-electron chi connectivity index (χ2n) is 11.5. The van der Waals surface area contributed by atoms with Gasteiger partial charge in [-0.05, 0) is 72.4 Å². The van der Waals surface area contributed by atoms with Crippen molar-refractivity contribution in [3.8, 4) is 16.9 Å². The smallest absolute Gasteiger partial charge is 0.309 e. The number of hydrogen-bond donors (Lipinski definition) is 2. The molecule has 0 aliphatic carbocycles. The Morgan fingerprint density at radius 3 is 2.58 bits per heavy atom. The molecule has 6 rings (SSSR count). The van der Waals surface area contributed by atoms with E-state index in [-0.39, 0.29) is 5.92 Å². The first-order valence-electron chi connectivity index (χ1n) is 15.0. The van der Waals surface area contributed by atoms with Gasteiger partial charge in [0.25, 0.3) is 0 Å². The largest absolute Gasteiger partial charge is 0.493 e. The lowest BCUT2D eigenvalue weighted by Crippen LogP contribution is -2.49. The number of likely N-dealkylation sites (tertiary alicyclic amines) is 1. The highest BCUT2D eigenvalue weighted by Gasteiger charge is 2.32. The van der Waals surface area contributed by atoms with Crippen LogP contribution in [0.5, 0.6) is 5.75 Å². The molecule has 43 heavy (non-hydrogen) atoms. The normalized spacial score (nSPS) is 16.2. The molecular weight excluding hydrogens is 542 g/mol. The number of carboxylic acid groups (broad SMARTS) is 1. The first kappa shape index (κ1) is 29.0. The van der Waals surface area contributed by atoms with E-state index < -0.39 is 5.97 Å². The molecule has 2 fully saturated rings. The molecule has 2 N–H and O–H groups in total. The molecule has 9 nitrogen and oxygen atoms in total. The molecule has 4 heterocycles. The predicted molar refractivity (Wildman–Crippen MR) is 168 cm³/mol. The number of aliphatic carboxylic acids is 1. The number of nitrogens with one attached hydrogen (secondary N) is 1. The van der Waals surface area contributed by atoms with E-state index >= 15 is 0 Å². The van der Waals surface area contributed by atoms with Gasteiger partial charge in [-0.2, -0.15) is 0 Å². The Hall–Kier alpha value is -4.05. The number of carboxylic acids is 1. The zero-order chi connectivity index (χ0) is 29.8. The van der Waals surface area contributed by atoms with Gasteiger partial charge in [0.2, 0.25) is 0 Å². The summed E-state index contributed by atoms with van der Waals surface area (Å²) >= 11 is 0. The van der Waals surface area contributed by atoms with Crippen molar-refractivity contribution in [2.45, 2.75) is 26.8 Å². The Bertz CT molecular complexity index is 1600. The number of aromatic nitrogens is 2. The minimum absolute atomic E-state index is 0.267. The van der Waals surface area contributed by atoms with Gasteiger partial charge in [-0.3, -0.25) is 19.6 Å². The molecule has 0 amide bonds. The van der Waals surface area contributed by atoms with Crippen molar-refractivity contribution >= 4 is 28.4 Å². The zero-order valence-corrected chi connectivity index (χ0v) is 24.9. The van der Waals surface area contributed by atoms with E-state index in [0.29, 0.717) is 32.1 Å². The second-order valence-corrected chi connectivity index (χ2v) is 11.5. The number of benzene rings is 2. The molecular formula is C34H39N5O4. The van der Waals surface area contributed by atoms with E-state index in [2.05, 4.69) is 76.4 Å². The SMILES string of the molecule is Cc1c(Nc2nccc3cc(CN4CC(C(=O)O)C4)cnc23)cccc1-c1cccc(OCCCN2CCOCC2)c1C. The van der Waals surface area contributed by atoms with Crippen LogP contribution in [0, 0.1) is 19.8 Å². The number of ether oxygens (including phenoxy) is 2. The number of pyridine rings is 2. The summed E-state index contributed by atoms with van der Waals surface area (Å²) in [6.07, 6.45) is 4.64. The average Bonchev–Trinajstić information content (AvgIpc) is 2.99. The van der Waals surface area contributed by atoms with Gasteiger partial charge in [0.05, 0.1) is 25.7 Å². The summed E-state index contributed by atoms with van der Waals surface area (Å²) < 4.78 is 11.7.